The predicted octanol–water partition coefficient (Wildman–Crippen LogP) is 4.13. The van der Waals surface area contributed by atoms with E-state index in [2.05, 4.69) is 19.2 Å². The van der Waals surface area contributed by atoms with Gasteiger partial charge in [0.25, 0.3) is 0 Å². The molecule has 0 spiro atoms. The Hall–Kier alpha value is -1.91. The van der Waals surface area contributed by atoms with Crippen molar-refractivity contribution in [2.24, 2.45) is 5.92 Å². The average molecular weight is 343 g/mol. The molecule has 1 saturated heterocycles. The molecule has 1 unspecified atom stereocenters. The van der Waals surface area contributed by atoms with Crippen LogP contribution in [0.15, 0.2) is 48.5 Å². The van der Waals surface area contributed by atoms with Crippen molar-refractivity contribution in [1.29, 1.82) is 0 Å². The van der Waals surface area contributed by atoms with Crippen LogP contribution in [0.2, 0.25) is 0 Å². The van der Waals surface area contributed by atoms with Crippen LogP contribution in [0.1, 0.15) is 31.1 Å². The lowest BCUT2D eigenvalue weighted by Crippen LogP contribution is -2.43. The van der Waals surface area contributed by atoms with Gasteiger partial charge in [0.05, 0.1) is 6.61 Å². The number of hydrogen-bond acceptors (Lipinski definition) is 3. The molecular weight excluding hydrogens is 317 g/mol. The zero-order valence-corrected chi connectivity index (χ0v) is 14.9. The van der Waals surface area contributed by atoms with Crippen molar-refractivity contribution in [1.82, 2.24) is 5.32 Å². The molecule has 1 N–H and O–H groups in total. The third kappa shape index (κ3) is 4.80. The lowest BCUT2D eigenvalue weighted by atomic mass is 10.0. The summed E-state index contributed by atoms with van der Waals surface area (Å²) in [5.41, 5.74) is 1.97. The van der Waals surface area contributed by atoms with Gasteiger partial charge in [0.2, 0.25) is 0 Å². The first-order chi connectivity index (χ1) is 12.1. The molecule has 1 aliphatic heterocycles. The maximum atomic E-state index is 13.7. The topological polar surface area (TPSA) is 30.5 Å². The second kappa shape index (κ2) is 8.45. The van der Waals surface area contributed by atoms with Crippen LogP contribution in [0.25, 0.3) is 0 Å². The molecular formula is C21H26FNO2. The molecule has 1 aliphatic rings. The molecule has 1 fully saturated rings. The molecule has 3 rings (SSSR count). The van der Waals surface area contributed by atoms with E-state index in [0.717, 1.165) is 36.4 Å². The van der Waals surface area contributed by atoms with Crippen LogP contribution in [-0.4, -0.2) is 25.8 Å². The van der Waals surface area contributed by atoms with Gasteiger partial charge in [0.1, 0.15) is 17.7 Å². The SMILES string of the molecule is CC(C)Cc1cc(F)ccc1OC(c1ccccc1)[C@@H]1CNCCO1. The van der Waals surface area contributed by atoms with E-state index in [-0.39, 0.29) is 18.0 Å². The summed E-state index contributed by atoms with van der Waals surface area (Å²) in [5.74, 6) is 0.930. The average Bonchev–Trinajstić information content (AvgIpc) is 2.62. The second-order valence-electron chi connectivity index (χ2n) is 6.91. The third-order valence-electron chi connectivity index (χ3n) is 4.33. The highest BCUT2D eigenvalue weighted by Gasteiger charge is 2.28. The standard InChI is InChI=1S/C21H26FNO2/c1-15(2)12-17-13-18(22)8-9-19(17)25-21(16-6-4-3-5-7-16)20-14-23-10-11-24-20/h3-9,13,15,20-21,23H,10-12,14H2,1-2H3/t20-,21?/m0/s1. The van der Waals surface area contributed by atoms with Gasteiger partial charge in [-0.25, -0.2) is 4.39 Å². The summed E-state index contributed by atoms with van der Waals surface area (Å²) in [6, 6.07) is 14.9. The Morgan fingerprint density at radius 1 is 1.20 bits per heavy atom. The highest BCUT2D eigenvalue weighted by molar-refractivity contribution is 5.35. The molecule has 3 nitrogen and oxygen atoms in total. The van der Waals surface area contributed by atoms with Crippen molar-refractivity contribution in [2.75, 3.05) is 19.7 Å². The lowest BCUT2D eigenvalue weighted by molar-refractivity contribution is -0.0435. The Labute approximate surface area is 149 Å². The first kappa shape index (κ1) is 17.9. The molecule has 0 amide bonds. The number of nitrogens with one attached hydrogen (secondary N) is 1. The van der Waals surface area contributed by atoms with Gasteiger partial charge in [0.15, 0.2) is 6.10 Å². The number of halogens is 1. The van der Waals surface area contributed by atoms with Crippen molar-refractivity contribution in [2.45, 2.75) is 32.5 Å². The number of ether oxygens (including phenoxy) is 2. The predicted molar refractivity (Wildman–Crippen MR) is 97.4 cm³/mol. The van der Waals surface area contributed by atoms with Gasteiger partial charge in [-0.2, -0.15) is 0 Å². The van der Waals surface area contributed by atoms with E-state index in [1.54, 1.807) is 12.1 Å². The normalized spacial score (nSPS) is 19.0. The van der Waals surface area contributed by atoms with Gasteiger partial charge in [-0.15, -0.1) is 0 Å². The van der Waals surface area contributed by atoms with Gasteiger partial charge in [-0.1, -0.05) is 44.2 Å². The zero-order chi connectivity index (χ0) is 17.6. The lowest BCUT2D eigenvalue weighted by Gasteiger charge is -2.32. The molecule has 2 atom stereocenters. The van der Waals surface area contributed by atoms with E-state index < -0.39 is 0 Å². The van der Waals surface area contributed by atoms with Gasteiger partial charge in [0, 0.05) is 13.1 Å². The van der Waals surface area contributed by atoms with Crippen LogP contribution in [0.4, 0.5) is 4.39 Å². The number of rotatable bonds is 6. The molecule has 0 bridgehead atoms. The van der Waals surface area contributed by atoms with Crippen LogP contribution >= 0.6 is 0 Å². The Morgan fingerprint density at radius 2 is 2.00 bits per heavy atom. The fourth-order valence-corrected chi connectivity index (χ4v) is 3.18. The van der Waals surface area contributed by atoms with Crippen molar-refractivity contribution in [3.63, 3.8) is 0 Å². The summed E-state index contributed by atoms with van der Waals surface area (Å²) in [6.07, 6.45) is 0.469. The second-order valence-corrected chi connectivity index (χ2v) is 6.91. The molecule has 134 valence electrons. The van der Waals surface area contributed by atoms with E-state index >= 15 is 0 Å². The van der Waals surface area contributed by atoms with Crippen molar-refractivity contribution >= 4 is 0 Å². The summed E-state index contributed by atoms with van der Waals surface area (Å²) < 4.78 is 26.1. The Balaban J connectivity index is 1.90. The third-order valence-corrected chi connectivity index (χ3v) is 4.33. The summed E-state index contributed by atoms with van der Waals surface area (Å²) in [5, 5.41) is 3.36. The summed E-state index contributed by atoms with van der Waals surface area (Å²) in [7, 11) is 0. The number of hydrogen-bond donors (Lipinski definition) is 1. The van der Waals surface area contributed by atoms with E-state index in [1.165, 1.54) is 6.07 Å². The number of benzene rings is 2. The van der Waals surface area contributed by atoms with Crippen LogP contribution in [0, 0.1) is 11.7 Å². The molecule has 25 heavy (non-hydrogen) atoms. The van der Waals surface area contributed by atoms with Crippen molar-refractivity contribution in [3.8, 4) is 5.75 Å². The quantitative estimate of drug-likeness (QED) is 0.855. The minimum absolute atomic E-state index is 0.0758. The zero-order valence-electron chi connectivity index (χ0n) is 14.9. The summed E-state index contributed by atoms with van der Waals surface area (Å²) >= 11 is 0. The summed E-state index contributed by atoms with van der Waals surface area (Å²) in [4.78, 5) is 0. The number of morpholine rings is 1. The van der Waals surface area contributed by atoms with E-state index in [0.29, 0.717) is 12.5 Å². The fourth-order valence-electron chi connectivity index (χ4n) is 3.18. The smallest absolute Gasteiger partial charge is 0.151 e. The van der Waals surface area contributed by atoms with Crippen LogP contribution in [-0.2, 0) is 11.2 Å². The van der Waals surface area contributed by atoms with Crippen LogP contribution in [0.3, 0.4) is 0 Å². The summed E-state index contributed by atoms with van der Waals surface area (Å²) in [6.45, 7) is 6.50. The monoisotopic (exact) mass is 343 g/mol. The first-order valence-electron chi connectivity index (χ1n) is 8.96. The molecule has 2 aromatic rings. The van der Waals surface area contributed by atoms with Gasteiger partial charge in [-0.05, 0) is 41.7 Å². The van der Waals surface area contributed by atoms with Crippen molar-refractivity contribution in [3.05, 3.63) is 65.5 Å². The Morgan fingerprint density at radius 3 is 2.68 bits per heavy atom. The minimum atomic E-state index is -0.231. The van der Waals surface area contributed by atoms with Gasteiger partial charge in [-0.3, -0.25) is 0 Å². The van der Waals surface area contributed by atoms with Gasteiger partial charge >= 0.3 is 0 Å². The van der Waals surface area contributed by atoms with Crippen molar-refractivity contribution < 1.29 is 13.9 Å². The fraction of sp³-hybridized carbons (Fsp3) is 0.429. The molecule has 2 aromatic carbocycles. The van der Waals surface area contributed by atoms with Crippen LogP contribution < -0.4 is 10.1 Å². The Kier molecular flexibility index (Phi) is 6.05. The highest BCUT2D eigenvalue weighted by Crippen LogP contribution is 2.31. The highest BCUT2D eigenvalue weighted by atomic mass is 19.1. The minimum Gasteiger partial charge on any atom is -0.483 e. The van der Waals surface area contributed by atoms with Gasteiger partial charge < -0.3 is 14.8 Å². The van der Waals surface area contributed by atoms with E-state index in [4.69, 9.17) is 9.47 Å². The molecule has 0 saturated carbocycles. The van der Waals surface area contributed by atoms with E-state index in [1.807, 2.05) is 30.3 Å². The Bertz CT molecular complexity index is 669. The van der Waals surface area contributed by atoms with Crippen LogP contribution in [0.5, 0.6) is 5.75 Å². The largest absolute Gasteiger partial charge is 0.483 e. The maximum absolute atomic E-state index is 13.7. The molecule has 0 radical (unpaired) electrons. The van der Waals surface area contributed by atoms with E-state index in [9.17, 15) is 4.39 Å². The molecule has 4 heteroatoms. The maximum Gasteiger partial charge on any atom is 0.151 e. The molecule has 0 aromatic heterocycles. The molecule has 0 aliphatic carbocycles. The first-order valence-corrected chi connectivity index (χ1v) is 8.96. The molecule has 1 heterocycles.